The zero-order chi connectivity index (χ0) is 57.5. The molecule has 0 aromatic carbocycles. The van der Waals surface area contributed by atoms with Crippen LogP contribution < -0.4 is 5.32 Å². The molecule has 1 saturated heterocycles. The van der Waals surface area contributed by atoms with Crippen molar-refractivity contribution in [1.29, 1.82) is 0 Å². The third-order valence-corrected chi connectivity index (χ3v) is 16.7. The van der Waals surface area contributed by atoms with Gasteiger partial charge in [0.05, 0.1) is 25.4 Å². The summed E-state index contributed by atoms with van der Waals surface area (Å²) < 4.78 is 11.2. The summed E-state index contributed by atoms with van der Waals surface area (Å²) in [7, 11) is 0. The quantitative estimate of drug-likeness (QED) is 0.0215. The van der Waals surface area contributed by atoms with E-state index in [1.54, 1.807) is 0 Å². The second kappa shape index (κ2) is 57.0. The van der Waals surface area contributed by atoms with Gasteiger partial charge in [0.25, 0.3) is 0 Å². The van der Waals surface area contributed by atoms with Crippen LogP contribution in [0.4, 0.5) is 0 Å². The highest BCUT2D eigenvalue weighted by Crippen LogP contribution is 2.24. The highest BCUT2D eigenvalue weighted by atomic mass is 16.7. The molecule has 1 heterocycles. The van der Waals surface area contributed by atoms with Gasteiger partial charge < -0.3 is 50.5 Å². The fourth-order valence-corrected chi connectivity index (χ4v) is 11.2. The van der Waals surface area contributed by atoms with Crippen molar-refractivity contribution in [2.75, 3.05) is 13.2 Å². The van der Waals surface area contributed by atoms with Gasteiger partial charge in [-0.1, -0.05) is 295 Å². The van der Waals surface area contributed by atoms with Gasteiger partial charge in [-0.15, -0.1) is 0 Å². The van der Waals surface area contributed by atoms with Crippen molar-refractivity contribution >= 4 is 5.91 Å². The lowest BCUT2D eigenvalue weighted by molar-refractivity contribution is -0.303. The molecule has 0 aromatic rings. The topological polar surface area (TPSA) is 189 Å². The monoisotopic (exact) mass is 1120 g/mol. The van der Waals surface area contributed by atoms with Crippen LogP contribution in [0.25, 0.3) is 0 Å². The average Bonchev–Trinajstić information content (AvgIpc) is 3.46. The first-order chi connectivity index (χ1) is 38.7. The van der Waals surface area contributed by atoms with Crippen LogP contribution >= 0.6 is 0 Å². The minimum absolute atomic E-state index is 0.257. The van der Waals surface area contributed by atoms with Crippen molar-refractivity contribution in [3.8, 4) is 0 Å². The first-order valence-electron chi connectivity index (χ1n) is 34.2. The molecule has 1 aliphatic heterocycles. The Morgan fingerprint density at radius 3 is 1.09 bits per heavy atom. The molecular formula is C68H131NO10. The molecule has 0 aromatic heterocycles. The predicted molar refractivity (Wildman–Crippen MR) is 330 cm³/mol. The molecule has 1 aliphatic rings. The lowest BCUT2D eigenvalue weighted by Gasteiger charge is -2.40. The minimum atomic E-state index is -1.67. The second-order valence-corrected chi connectivity index (χ2v) is 24.2. The third-order valence-electron chi connectivity index (χ3n) is 16.7. The zero-order valence-corrected chi connectivity index (χ0v) is 51.6. The van der Waals surface area contributed by atoms with Gasteiger partial charge in [0, 0.05) is 0 Å². The lowest BCUT2D eigenvalue weighted by Crippen LogP contribution is -2.60. The Morgan fingerprint density at radius 1 is 0.430 bits per heavy atom. The number of aliphatic hydroxyl groups is 7. The molecule has 1 rings (SSSR count). The Labute approximate surface area is 486 Å². The van der Waals surface area contributed by atoms with E-state index in [0.29, 0.717) is 12.8 Å². The summed E-state index contributed by atoms with van der Waals surface area (Å²) in [5.41, 5.74) is 0. The average molecular weight is 1120 g/mol. The van der Waals surface area contributed by atoms with Crippen LogP contribution in [0.3, 0.4) is 0 Å². The van der Waals surface area contributed by atoms with Gasteiger partial charge >= 0.3 is 0 Å². The van der Waals surface area contributed by atoms with Crippen LogP contribution in [0.1, 0.15) is 335 Å². The van der Waals surface area contributed by atoms with Crippen LogP contribution in [0, 0.1) is 0 Å². The van der Waals surface area contributed by atoms with Crippen LogP contribution in [0.15, 0.2) is 24.3 Å². The number of hydrogen-bond acceptors (Lipinski definition) is 10. The summed E-state index contributed by atoms with van der Waals surface area (Å²) in [4.78, 5) is 13.2. The standard InChI is InChI=1S/C68H131NO10/c1-3-5-7-9-11-13-15-17-19-21-22-23-24-25-26-27-28-29-30-31-32-33-34-35-36-37-38-39-40-42-44-46-48-50-52-54-56-61(72)67(77)69-59(58-78-68-66(76)65(75)64(74)62(57-70)79-68)63(73)60(71)55-53-51-49-47-45-43-41-20-18-16-14-12-10-8-6-4-2/h29-30,47,49,59-66,68,70-76H,3-28,31-46,48,50-58H2,1-2H3,(H,69,77)/b30-29-,49-47+. The first kappa shape index (κ1) is 75.6. The highest BCUT2D eigenvalue weighted by molar-refractivity contribution is 5.80. The first-order valence-corrected chi connectivity index (χ1v) is 34.2. The van der Waals surface area contributed by atoms with E-state index in [0.717, 1.165) is 38.5 Å². The van der Waals surface area contributed by atoms with Crippen LogP contribution in [-0.4, -0.2) is 110 Å². The smallest absolute Gasteiger partial charge is 0.249 e. The molecule has 468 valence electrons. The van der Waals surface area contributed by atoms with Gasteiger partial charge in [0.1, 0.15) is 36.6 Å². The summed E-state index contributed by atoms with van der Waals surface area (Å²) in [5, 5.41) is 76.3. The molecule has 11 nitrogen and oxygen atoms in total. The molecule has 1 fully saturated rings. The number of amides is 1. The van der Waals surface area contributed by atoms with E-state index in [4.69, 9.17) is 9.47 Å². The lowest BCUT2D eigenvalue weighted by atomic mass is 9.98. The van der Waals surface area contributed by atoms with Gasteiger partial charge in [-0.25, -0.2) is 0 Å². The number of carbonyl (C=O) groups excluding carboxylic acids is 1. The van der Waals surface area contributed by atoms with Crippen molar-refractivity contribution in [2.45, 2.75) is 390 Å². The molecule has 0 spiro atoms. The number of unbranched alkanes of at least 4 members (excludes halogenated alkanes) is 44. The fourth-order valence-electron chi connectivity index (χ4n) is 11.2. The predicted octanol–water partition coefficient (Wildman–Crippen LogP) is 16.0. The maximum atomic E-state index is 13.2. The molecule has 0 radical (unpaired) electrons. The third kappa shape index (κ3) is 44.7. The van der Waals surface area contributed by atoms with Gasteiger partial charge in [-0.3, -0.25) is 4.79 Å². The summed E-state index contributed by atoms with van der Waals surface area (Å²) in [6.07, 6.45) is 59.9. The fraction of sp³-hybridized carbons (Fsp3) is 0.926. The summed E-state index contributed by atoms with van der Waals surface area (Å²) in [6.45, 7) is 3.48. The van der Waals surface area contributed by atoms with E-state index >= 15 is 0 Å². The van der Waals surface area contributed by atoms with E-state index < -0.39 is 74.2 Å². The maximum Gasteiger partial charge on any atom is 0.249 e. The van der Waals surface area contributed by atoms with Gasteiger partial charge in [-0.2, -0.15) is 0 Å². The summed E-state index contributed by atoms with van der Waals surface area (Å²) in [6, 6.07) is -1.18. The SMILES string of the molecule is CCCCCCCCCCCCC/C=C/CCCC(O)C(O)C(COC1OC(CO)C(O)C(O)C1O)NC(=O)C(O)CCCCCCCCCCCCCCCCCC/C=C\CCCCCCCCCCCCCCCCCC. The van der Waals surface area contributed by atoms with Crippen LogP contribution in [0.2, 0.25) is 0 Å². The second-order valence-electron chi connectivity index (χ2n) is 24.2. The van der Waals surface area contributed by atoms with Crippen molar-refractivity contribution in [1.82, 2.24) is 5.32 Å². The van der Waals surface area contributed by atoms with E-state index in [-0.39, 0.29) is 12.8 Å². The van der Waals surface area contributed by atoms with Crippen molar-refractivity contribution in [3.63, 3.8) is 0 Å². The zero-order valence-electron chi connectivity index (χ0n) is 51.6. The summed E-state index contributed by atoms with van der Waals surface area (Å²) >= 11 is 0. The van der Waals surface area contributed by atoms with Gasteiger partial charge in [-0.05, 0) is 64.2 Å². The Hall–Kier alpha value is -1.41. The van der Waals surface area contributed by atoms with E-state index in [1.807, 2.05) is 0 Å². The van der Waals surface area contributed by atoms with Gasteiger partial charge in [0.2, 0.25) is 5.91 Å². The molecule has 0 saturated carbocycles. The Bertz CT molecular complexity index is 1330. The van der Waals surface area contributed by atoms with Crippen LogP contribution in [0.5, 0.6) is 0 Å². The number of carbonyl (C=O) groups is 1. The number of allylic oxidation sites excluding steroid dienone is 4. The number of nitrogens with one attached hydrogen (secondary N) is 1. The molecule has 0 bridgehead atoms. The Kier molecular flexibility index (Phi) is 54.6. The maximum absolute atomic E-state index is 13.2. The highest BCUT2D eigenvalue weighted by Gasteiger charge is 2.44. The molecule has 79 heavy (non-hydrogen) atoms. The Balaban J connectivity index is 2.14. The summed E-state index contributed by atoms with van der Waals surface area (Å²) in [5.74, 6) is -0.701. The number of ether oxygens (including phenoxy) is 2. The molecule has 9 unspecified atom stereocenters. The molecule has 1 amide bonds. The molecule has 8 N–H and O–H groups in total. The largest absolute Gasteiger partial charge is 0.394 e. The van der Waals surface area contributed by atoms with E-state index in [2.05, 4.69) is 43.5 Å². The van der Waals surface area contributed by atoms with Crippen LogP contribution in [-0.2, 0) is 14.3 Å². The number of aliphatic hydroxyl groups excluding tert-OH is 7. The molecule has 11 heteroatoms. The number of rotatable bonds is 60. The van der Waals surface area contributed by atoms with E-state index in [1.165, 1.54) is 257 Å². The normalized spacial score (nSPS) is 19.4. The van der Waals surface area contributed by atoms with Crippen molar-refractivity contribution in [3.05, 3.63) is 24.3 Å². The Morgan fingerprint density at radius 2 is 0.747 bits per heavy atom. The van der Waals surface area contributed by atoms with E-state index in [9.17, 15) is 40.5 Å². The van der Waals surface area contributed by atoms with Crippen molar-refractivity contribution < 1.29 is 50.0 Å². The number of hydrogen-bond donors (Lipinski definition) is 8. The minimum Gasteiger partial charge on any atom is -0.394 e. The molecule has 9 atom stereocenters. The van der Waals surface area contributed by atoms with Gasteiger partial charge in [0.15, 0.2) is 6.29 Å². The van der Waals surface area contributed by atoms with Crippen molar-refractivity contribution in [2.24, 2.45) is 0 Å². The molecule has 0 aliphatic carbocycles. The molecular weight excluding hydrogens is 991 g/mol.